The molecule has 1 aliphatic carbocycles. The van der Waals surface area contributed by atoms with E-state index in [-0.39, 0.29) is 12.5 Å². The van der Waals surface area contributed by atoms with E-state index >= 15 is 0 Å². The van der Waals surface area contributed by atoms with Crippen LogP contribution in [0.4, 0.5) is 6.01 Å². The maximum atomic E-state index is 8.97. The summed E-state index contributed by atoms with van der Waals surface area (Å²) in [6.07, 6.45) is 3.47. The van der Waals surface area contributed by atoms with Gasteiger partial charge in [0.2, 0.25) is 5.89 Å². The Bertz CT molecular complexity index is 314. The second kappa shape index (κ2) is 4.81. The van der Waals surface area contributed by atoms with Gasteiger partial charge in [0.15, 0.2) is 0 Å². The highest BCUT2D eigenvalue weighted by Crippen LogP contribution is 2.28. The molecule has 1 heterocycles. The number of rotatable bonds is 5. The molecule has 1 saturated carbocycles. The first-order chi connectivity index (χ1) is 7.35. The number of nitrogens with zero attached hydrogens (tertiary/aromatic N) is 3. The van der Waals surface area contributed by atoms with Crippen LogP contribution in [0, 0.1) is 0 Å². The Morgan fingerprint density at radius 3 is 2.73 bits per heavy atom. The van der Waals surface area contributed by atoms with Crippen molar-refractivity contribution in [2.45, 2.75) is 31.2 Å². The van der Waals surface area contributed by atoms with Crippen molar-refractivity contribution in [3.05, 3.63) is 5.89 Å². The van der Waals surface area contributed by atoms with E-state index < -0.39 is 0 Å². The maximum Gasteiger partial charge on any atom is 0.318 e. The first-order valence-corrected chi connectivity index (χ1v) is 5.64. The summed E-state index contributed by atoms with van der Waals surface area (Å²) in [6, 6.07) is 0.908. The summed E-state index contributed by atoms with van der Waals surface area (Å²) in [6.45, 7) is 0.629. The molecular weight excluding hydrogens is 218 g/mol. The largest absolute Gasteiger partial charge is 0.407 e. The summed E-state index contributed by atoms with van der Waals surface area (Å²) in [5.41, 5.74) is 0. The molecule has 5 nitrogen and oxygen atoms in total. The summed E-state index contributed by atoms with van der Waals surface area (Å²) >= 11 is 5.59. The van der Waals surface area contributed by atoms with Gasteiger partial charge < -0.3 is 14.4 Å². The zero-order valence-electron chi connectivity index (χ0n) is 8.40. The first kappa shape index (κ1) is 10.7. The van der Waals surface area contributed by atoms with Crippen LogP contribution >= 0.6 is 11.6 Å². The van der Waals surface area contributed by atoms with Gasteiger partial charge in [0.1, 0.15) is 5.88 Å². The molecule has 2 rings (SSSR count). The van der Waals surface area contributed by atoms with Crippen molar-refractivity contribution in [2.75, 3.05) is 18.1 Å². The number of halogens is 1. The van der Waals surface area contributed by atoms with Gasteiger partial charge in [-0.05, 0) is 19.3 Å². The summed E-state index contributed by atoms with van der Waals surface area (Å²) < 4.78 is 5.36. The molecule has 0 bridgehead atoms. The molecule has 1 aliphatic rings. The van der Waals surface area contributed by atoms with Gasteiger partial charge in [-0.25, -0.2) is 0 Å². The lowest BCUT2D eigenvalue weighted by molar-refractivity contribution is 0.276. The fraction of sp³-hybridized carbons (Fsp3) is 0.778. The second-order valence-electron chi connectivity index (χ2n) is 3.61. The van der Waals surface area contributed by atoms with Gasteiger partial charge in [-0.2, -0.15) is 0 Å². The molecule has 1 aromatic heterocycles. The van der Waals surface area contributed by atoms with Gasteiger partial charge in [0.25, 0.3) is 0 Å². The van der Waals surface area contributed by atoms with Gasteiger partial charge in [-0.3, -0.25) is 0 Å². The number of aliphatic hydroxyl groups is 1. The van der Waals surface area contributed by atoms with E-state index in [9.17, 15) is 0 Å². The zero-order valence-corrected chi connectivity index (χ0v) is 9.15. The number of aliphatic hydroxyl groups excluding tert-OH is 1. The quantitative estimate of drug-likeness (QED) is 0.771. The molecule has 0 aliphatic heterocycles. The average Bonchev–Trinajstić information content (AvgIpc) is 2.62. The minimum atomic E-state index is 0.0923. The van der Waals surface area contributed by atoms with Crippen molar-refractivity contribution < 1.29 is 9.52 Å². The number of hydrogen-bond donors (Lipinski definition) is 1. The molecule has 84 valence electrons. The van der Waals surface area contributed by atoms with E-state index in [4.69, 9.17) is 21.1 Å². The second-order valence-corrected chi connectivity index (χ2v) is 3.88. The molecule has 6 heteroatoms. The lowest BCUT2D eigenvalue weighted by Gasteiger charge is -2.35. The molecule has 1 aromatic rings. The van der Waals surface area contributed by atoms with Gasteiger partial charge in [0, 0.05) is 12.6 Å². The van der Waals surface area contributed by atoms with Crippen LogP contribution in [-0.4, -0.2) is 34.5 Å². The molecule has 1 N–H and O–H groups in total. The Hall–Kier alpha value is -0.810. The van der Waals surface area contributed by atoms with E-state index in [0.717, 1.165) is 12.8 Å². The van der Waals surface area contributed by atoms with Crippen molar-refractivity contribution >= 4 is 17.6 Å². The Labute approximate surface area is 93.0 Å². The molecule has 0 spiro atoms. The Balaban J connectivity index is 2.08. The summed E-state index contributed by atoms with van der Waals surface area (Å²) in [5, 5.41) is 16.7. The van der Waals surface area contributed by atoms with Crippen LogP contribution in [0.5, 0.6) is 0 Å². The van der Waals surface area contributed by atoms with Gasteiger partial charge >= 0.3 is 6.01 Å². The van der Waals surface area contributed by atoms with E-state index in [2.05, 4.69) is 10.2 Å². The third kappa shape index (κ3) is 2.23. The maximum absolute atomic E-state index is 8.97. The van der Waals surface area contributed by atoms with Crippen LogP contribution in [-0.2, 0) is 5.88 Å². The topological polar surface area (TPSA) is 62.4 Å². The smallest absolute Gasteiger partial charge is 0.318 e. The minimum Gasteiger partial charge on any atom is -0.407 e. The minimum absolute atomic E-state index is 0.0923. The fourth-order valence-corrected chi connectivity index (χ4v) is 1.76. The first-order valence-electron chi connectivity index (χ1n) is 5.11. The number of aromatic nitrogens is 2. The molecule has 0 amide bonds. The van der Waals surface area contributed by atoms with E-state index in [1.807, 2.05) is 4.90 Å². The number of anilines is 1. The summed E-state index contributed by atoms with van der Waals surface area (Å²) in [4.78, 5) is 1.96. The van der Waals surface area contributed by atoms with Crippen molar-refractivity contribution in [3.63, 3.8) is 0 Å². The zero-order chi connectivity index (χ0) is 10.7. The Morgan fingerprint density at radius 2 is 2.27 bits per heavy atom. The monoisotopic (exact) mass is 231 g/mol. The molecule has 15 heavy (non-hydrogen) atoms. The number of hydrogen-bond acceptors (Lipinski definition) is 5. The van der Waals surface area contributed by atoms with Crippen LogP contribution in [0.15, 0.2) is 4.42 Å². The van der Waals surface area contributed by atoms with Crippen molar-refractivity contribution in [1.29, 1.82) is 0 Å². The molecule has 0 radical (unpaired) electrons. The Morgan fingerprint density at radius 1 is 1.47 bits per heavy atom. The third-order valence-corrected chi connectivity index (χ3v) is 2.90. The van der Waals surface area contributed by atoms with E-state index in [1.54, 1.807) is 0 Å². The predicted octanol–water partition coefficient (Wildman–Crippen LogP) is 1.16. The summed E-state index contributed by atoms with van der Waals surface area (Å²) in [5.74, 6) is 0.652. The molecule has 0 aromatic carbocycles. The highest BCUT2D eigenvalue weighted by molar-refractivity contribution is 6.16. The summed E-state index contributed by atoms with van der Waals surface area (Å²) in [7, 11) is 0. The highest BCUT2D eigenvalue weighted by Gasteiger charge is 2.28. The lowest BCUT2D eigenvalue weighted by atomic mass is 9.92. The molecular formula is C9H14ClN3O2. The van der Waals surface area contributed by atoms with E-state index in [0.29, 0.717) is 24.5 Å². The normalized spacial score (nSPS) is 16.4. The SMILES string of the molecule is OCCN(c1nnc(CCl)o1)C1CCC1. The van der Waals surface area contributed by atoms with Crippen LogP contribution in [0.2, 0.25) is 0 Å². The van der Waals surface area contributed by atoms with Gasteiger partial charge in [-0.15, -0.1) is 16.7 Å². The molecule has 0 saturated heterocycles. The van der Waals surface area contributed by atoms with Gasteiger partial charge in [-0.1, -0.05) is 5.10 Å². The molecule has 1 fully saturated rings. The highest BCUT2D eigenvalue weighted by atomic mass is 35.5. The average molecular weight is 232 g/mol. The standard InChI is InChI=1S/C9H14ClN3O2/c10-6-8-11-12-9(15-8)13(4-5-14)7-2-1-3-7/h7,14H,1-6H2. The van der Waals surface area contributed by atoms with Crippen LogP contribution in [0.25, 0.3) is 0 Å². The molecule has 0 unspecified atom stereocenters. The predicted molar refractivity (Wildman–Crippen MR) is 55.9 cm³/mol. The third-order valence-electron chi connectivity index (χ3n) is 2.67. The van der Waals surface area contributed by atoms with Crippen LogP contribution < -0.4 is 4.90 Å². The van der Waals surface area contributed by atoms with Crippen LogP contribution in [0.1, 0.15) is 25.2 Å². The number of alkyl halides is 1. The van der Waals surface area contributed by atoms with Crippen molar-refractivity contribution in [1.82, 2.24) is 10.2 Å². The van der Waals surface area contributed by atoms with E-state index in [1.165, 1.54) is 6.42 Å². The van der Waals surface area contributed by atoms with Crippen molar-refractivity contribution in [2.24, 2.45) is 0 Å². The fourth-order valence-electron chi connectivity index (χ4n) is 1.66. The Kier molecular flexibility index (Phi) is 3.43. The lowest BCUT2D eigenvalue weighted by Crippen LogP contribution is -2.42. The van der Waals surface area contributed by atoms with Crippen LogP contribution in [0.3, 0.4) is 0 Å². The molecule has 0 atom stereocenters. The van der Waals surface area contributed by atoms with Gasteiger partial charge in [0.05, 0.1) is 6.61 Å². The van der Waals surface area contributed by atoms with Crippen molar-refractivity contribution in [3.8, 4) is 0 Å².